The molecule has 0 bridgehead atoms. The number of carbonyl (C=O) groups is 2. The average Bonchev–Trinajstić information content (AvgIpc) is 3.05. The number of pyridine rings is 1. The van der Waals surface area contributed by atoms with Crippen LogP contribution in [0, 0.1) is 0 Å². The van der Waals surface area contributed by atoms with Crippen LogP contribution >= 0.6 is 11.6 Å². The summed E-state index contributed by atoms with van der Waals surface area (Å²) in [7, 11) is 1.54. The molecule has 2 aromatic carbocycles. The first-order valence-corrected chi connectivity index (χ1v) is 9.94. The number of Topliss-reactive ketones (excluding diaryl/α,β-unsaturated/α-hetero) is 1. The van der Waals surface area contributed by atoms with Gasteiger partial charge in [0.05, 0.1) is 18.7 Å². The molecule has 0 aliphatic carbocycles. The summed E-state index contributed by atoms with van der Waals surface area (Å²) in [5.74, 6) is -1.11. The Hall–Kier alpha value is -3.64. The number of benzene rings is 2. The van der Waals surface area contributed by atoms with Crippen molar-refractivity contribution in [3.63, 3.8) is 0 Å². The van der Waals surface area contributed by atoms with Crippen LogP contribution in [0.5, 0.6) is 5.75 Å². The summed E-state index contributed by atoms with van der Waals surface area (Å²) in [5, 5.41) is 11.5. The highest BCUT2D eigenvalue weighted by Gasteiger charge is 2.46. The second kappa shape index (κ2) is 8.62. The van der Waals surface area contributed by atoms with Crippen LogP contribution in [0.1, 0.15) is 22.7 Å². The number of halogens is 1. The molecule has 1 aliphatic heterocycles. The van der Waals surface area contributed by atoms with Crippen LogP contribution in [-0.4, -0.2) is 33.8 Å². The highest BCUT2D eigenvalue weighted by molar-refractivity contribution is 6.46. The minimum Gasteiger partial charge on any atom is -0.507 e. The van der Waals surface area contributed by atoms with E-state index in [9.17, 15) is 14.7 Å². The summed E-state index contributed by atoms with van der Waals surface area (Å²) in [6, 6.07) is 16.3. The lowest BCUT2D eigenvalue weighted by molar-refractivity contribution is -0.140. The van der Waals surface area contributed by atoms with Gasteiger partial charge in [0, 0.05) is 29.5 Å². The summed E-state index contributed by atoms with van der Waals surface area (Å²) >= 11 is 5.95. The Labute approximate surface area is 184 Å². The van der Waals surface area contributed by atoms with E-state index in [-0.39, 0.29) is 17.9 Å². The van der Waals surface area contributed by atoms with Gasteiger partial charge in [-0.05, 0) is 53.6 Å². The Morgan fingerprint density at radius 3 is 2.58 bits per heavy atom. The van der Waals surface area contributed by atoms with E-state index in [0.29, 0.717) is 21.9 Å². The quantitative estimate of drug-likeness (QED) is 0.366. The zero-order valence-corrected chi connectivity index (χ0v) is 17.4. The number of ketones is 1. The van der Waals surface area contributed by atoms with Gasteiger partial charge in [0.2, 0.25) is 0 Å². The summed E-state index contributed by atoms with van der Waals surface area (Å²) in [6.45, 7) is 0.164. The third-order valence-corrected chi connectivity index (χ3v) is 5.39. The van der Waals surface area contributed by atoms with Crippen LogP contribution in [0.2, 0.25) is 5.02 Å². The zero-order chi connectivity index (χ0) is 22.0. The first kappa shape index (κ1) is 20.6. The standard InChI is InChI=1S/C24H19ClN2O4/c1-31-19-6-2-5-17(12-19)21-20(22(28)16-7-9-18(25)10-8-16)23(29)24(30)27(21)14-15-4-3-11-26-13-15/h2-13,21,28H,14H2,1H3/b22-20-. The molecule has 1 atom stereocenters. The van der Waals surface area contributed by atoms with E-state index in [4.69, 9.17) is 16.3 Å². The molecule has 1 unspecified atom stereocenters. The van der Waals surface area contributed by atoms with Crippen LogP contribution in [0.3, 0.4) is 0 Å². The highest BCUT2D eigenvalue weighted by atomic mass is 35.5. The Balaban J connectivity index is 1.87. The lowest BCUT2D eigenvalue weighted by atomic mass is 9.95. The number of rotatable bonds is 5. The number of nitrogens with zero attached hydrogens (tertiary/aromatic N) is 2. The number of hydrogen-bond donors (Lipinski definition) is 1. The van der Waals surface area contributed by atoms with Crippen LogP contribution in [0.4, 0.5) is 0 Å². The number of aliphatic hydroxyl groups excluding tert-OH is 1. The monoisotopic (exact) mass is 434 g/mol. The molecule has 4 rings (SSSR count). The Kier molecular flexibility index (Phi) is 5.73. The molecule has 3 aromatic rings. The van der Waals surface area contributed by atoms with Gasteiger partial charge in [-0.2, -0.15) is 0 Å². The Bertz CT molecular complexity index is 1160. The molecule has 0 saturated carbocycles. The number of methoxy groups -OCH3 is 1. The molecule has 1 fully saturated rings. The first-order chi connectivity index (χ1) is 15.0. The molecule has 156 valence electrons. The number of likely N-dealkylation sites (tertiary alicyclic amines) is 1. The second-order valence-corrected chi connectivity index (χ2v) is 7.51. The minimum atomic E-state index is -0.786. The minimum absolute atomic E-state index is 0.0180. The second-order valence-electron chi connectivity index (χ2n) is 7.07. The summed E-state index contributed by atoms with van der Waals surface area (Å²) in [6.07, 6.45) is 3.28. The van der Waals surface area contributed by atoms with Gasteiger partial charge in [-0.15, -0.1) is 0 Å². The summed E-state index contributed by atoms with van der Waals surface area (Å²) in [5.41, 5.74) is 1.84. The molecular weight excluding hydrogens is 416 g/mol. The molecule has 0 spiro atoms. The van der Waals surface area contributed by atoms with Gasteiger partial charge in [0.1, 0.15) is 11.5 Å². The van der Waals surface area contributed by atoms with Crippen LogP contribution in [-0.2, 0) is 16.1 Å². The smallest absolute Gasteiger partial charge is 0.295 e. The Morgan fingerprint density at radius 2 is 1.90 bits per heavy atom. The van der Waals surface area contributed by atoms with Crippen LogP contribution in [0.25, 0.3) is 5.76 Å². The predicted octanol–water partition coefficient (Wildman–Crippen LogP) is 4.37. The normalized spacial score (nSPS) is 17.7. The van der Waals surface area contributed by atoms with Crippen molar-refractivity contribution >= 4 is 29.1 Å². The molecule has 1 aromatic heterocycles. The van der Waals surface area contributed by atoms with Crippen molar-refractivity contribution in [2.75, 3.05) is 7.11 Å². The molecule has 1 saturated heterocycles. The number of amides is 1. The van der Waals surface area contributed by atoms with Gasteiger partial charge < -0.3 is 14.7 Å². The van der Waals surface area contributed by atoms with E-state index in [2.05, 4.69) is 4.98 Å². The molecule has 1 amide bonds. The summed E-state index contributed by atoms with van der Waals surface area (Å²) < 4.78 is 5.32. The van der Waals surface area contributed by atoms with E-state index < -0.39 is 17.7 Å². The molecule has 0 radical (unpaired) electrons. The maximum Gasteiger partial charge on any atom is 0.295 e. The van der Waals surface area contributed by atoms with Crippen LogP contribution in [0.15, 0.2) is 78.6 Å². The lowest BCUT2D eigenvalue weighted by Gasteiger charge is -2.25. The number of aromatic nitrogens is 1. The van der Waals surface area contributed by atoms with Crippen LogP contribution < -0.4 is 4.74 Å². The van der Waals surface area contributed by atoms with E-state index in [1.54, 1.807) is 74.1 Å². The molecular formula is C24H19ClN2O4. The van der Waals surface area contributed by atoms with Crippen molar-refractivity contribution in [3.05, 3.63) is 100 Å². The number of ether oxygens (including phenoxy) is 1. The molecule has 6 nitrogen and oxygen atoms in total. The van der Waals surface area contributed by atoms with Gasteiger partial charge in [-0.1, -0.05) is 29.8 Å². The van der Waals surface area contributed by atoms with Crippen molar-refractivity contribution in [2.45, 2.75) is 12.6 Å². The van der Waals surface area contributed by atoms with Gasteiger partial charge >= 0.3 is 0 Å². The Morgan fingerprint density at radius 1 is 1.13 bits per heavy atom. The van der Waals surface area contributed by atoms with Crippen molar-refractivity contribution in [1.29, 1.82) is 0 Å². The van der Waals surface area contributed by atoms with Gasteiger partial charge in [-0.25, -0.2) is 0 Å². The van der Waals surface area contributed by atoms with Crippen molar-refractivity contribution in [3.8, 4) is 5.75 Å². The van der Waals surface area contributed by atoms with Gasteiger partial charge in [0.25, 0.3) is 11.7 Å². The maximum atomic E-state index is 13.0. The fraction of sp³-hybridized carbons (Fsp3) is 0.125. The van der Waals surface area contributed by atoms with E-state index >= 15 is 0 Å². The highest BCUT2D eigenvalue weighted by Crippen LogP contribution is 2.41. The van der Waals surface area contributed by atoms with E-state index in [0.717, 1.165) is 5.56 Å². The SMILES string of the molecule is COc1cccc(C2/C(=C(/O)c3ccc(Cl)cc3)C(=O)C(=O)N2Cc2cccnc2)c1. The predicted molar refractivity (Wildman–Crippen MR) is 117 cm³/mol. The molecule has 2 heterocycles. The van der Waals surface area contributed by atoms with E-state index in [1.807, 2.05) is 6.07 Å². The van der Waals surface area contributed by atoms with E-state index in [1.165, 1.54) is 4.90 Å². The summed E-state index contributed by atoms with van der Waals surface area (Å²) in [4.78, 5) is 31.6. The van der Waals surface area contributed by atoms with Crippen molar-refractivity contribution in [1.82, 2.24) is 9.88 Å². The zero-order valence-electron chi connectivity index (χ0n) is 16.7. The molecule has 7 heteroatoms. The molecule has 1 N–H and O–H groups in total. The largest absolute Gasteiger partial charge is 0.507 e. The maximum absolute atomic E-state index is 13.0. The average molecular weight is 435 g/mol. The molecule has 31 heavy (non-hydrogen) atoms. The van der Waals surface area contributed by atoms with Crippen molar-refractivity contribution < 1.29 is 19.4 Å². The van der Waals surface area contributed by atoms with Crippen molar-refractivity contribution in [2.24, 2.45) is 0 Å². The number of hydrogen-bond acceptors (Lipinski definition) is 5. The fourth-order valence-electron chi connectivity index (χ4n) is 3.65. The number of aliphatic hydroxyl groups is 1. The third-order valence-electron chi connectivity index (χ3n) is 5.14. The third kappa shape index (κ3) is 4.02. The lowest BCUT2D eigenvalue weighted by Crippen LogP contribution is -2.29. The topological polar surface area (TPSA) is 79.7 Å². The number of carbonyl (C=O) groups excluding carboxylic acids is 2. The first-order valence-electron chi connectivity index (χ1n) is 9.57. The fourth-order valence-corrected chi connectivity index (χ4v) is 3.78. The van der Waals surface area contributed by atoms with Gasteiger partial charge in [0.15, 0.2) is 0 Å². The van der Waals surface area contributed by atoms with Gasteiger partial charge in [-0.3, -0.25) is 14.6 Å². The molecule has 1 aliphatic rings.